The molecule has 1 amide bonds. The van der Waals surface area contributed by atoms with Gasteiger partial charge in [-0.2, -0.15) is 9.78 Å². The zero-order valence-corrected chi connectivity index (χ0v) is 18.4. The molecular weight excluding hydrogens is 450 g/mol. The highest BCUT2D eigenvalue weighted by atomic mass is 32.2. The minimum absolute atomic E-state index is 0.00342. The predicted octanol–water partition coefficient (Wildman–Crippen LogP) is 0.838. The van der Waals surface area contributed by atoms with Crippen LogP contribution in [0.1, 0.15) is 23.1 Å². The number of hydrazone groups is 1. The fourth-order valence-electron chi connectivity index (χ4n) is 2.59. The maximum Gasteiger partial charge on any atom is 0.293 e. The number of para-hydroxylation sites is 1. The van der Waals surface area contributed by atoms with Gasteiger partial charge in [0.25, 0.3) is 5.91 Å². The Morgan fingerprint density at radius 3 is 2.79 bits per heavy atom. The van der Waals surface area contributed by atoms with Crippen LogP contribution in [0, 0.1) is 0 Å². The summed E-state index contributed by atoms with van der Waals surface area (Å²) < 4.78 is 13.3. The fourth-order valence-corrected chi connectivity index (χ4v) is 3.47. The maximum atomic E-state index is 12.8. The zero-order valence-electron chi connectivity index (χ0n) is 17.6. The molecule has 3 heterocycles. The number of nitrogens with two attached hydrogens (primary N) is 1. The number of nitrogens with zero attached hydrogens (tertiary/aromatic N) is 9. The number of aromatic nitrogens is 8. The first kappa shape index (κ1) is 21.9. The number of carbonyl (C=O) groups excluding carboxylic acids is 1. The molecule has 14 nitrogen and oxygen atoms in total. The largest absolute Gasteiger partial charge is 0.488 e. The molecule has 1 aromatic carbocycles. The number of nitrogens with one attached hydrogen (secondary N) is 1. The number of carbonyl (C=O) groups is 1. The van der Waals surface area contributed by atoms with Crippen molar-refractivity contribution in [2.24, 2.45) is 12.1 Å². The number of amides is 1. The van der Waals surface area contributed by atoms with E-state index in [9.17, 15) is 4.79 Å². The van der Waals surface area contributed by atoms with Crippen molar-refractivity contribution >= 4 is 29.2 Å². The molecule has 170 valence electrons. The lowest BCUT2D eigenvalue weighted by atomic mass is 10.3. The van der Waals surface area contributed by atoms with Crippen LogP contribution >= 0.6 is 11.8 Å². The van der Waals surface area contributed by atoms with Gasteiger partial charge in [0.05, 0.1) is 11.4 Å². The van der Waals surface area contributed by atoms with E-state index in [-0.39, 0.29) is 29.7 Å². The molecule has 0 aliphatic rings. The number of hydrogen-bond acceptors (Lipinski definition) is 12. The first-order valence-corrected chi connectivity index (χ1v) is 10.5. The minimum Gasteiger partial charge on any atom is -0.488 e. The predicted molar refractivity (Wildman–Crippen MR) is 117 cm³/mol. The summed E-state index contributed by atoms with van der Waals surface area (Å²) >= 11 is 1.32. The highest BCUT2D eigenvalue weighted by Crippen LogP contribution is 2.24. The first-order chi connectivity index (χ1) is 16.0. The molecule has 0 spiro atoms. The molecule has 0 radical (unpaired) electrons. The van der Waals surface area contributed by atoms with Crippen LogP contribution in [-0.4, -0.2) is 58.3 Å². The van der Waals surface area contributed by atoms with Crippen molar-refractivity contribution in [3.63, 3.8) is 0 Å². The third-order valence-electron chi connectivity index (χ3n) is 4.22. The fraction of sp³-hybridized carbons (Fsp3) is 0.222. The Labute approximate surface area is 191 Å². The van der Waals surface area contributed by atoms with Gasteiger partial charge < -0.3 is 15.0 Å². The van der Waals surface area contributed by atoms with Crippen molar-refractivity contribution in [1.82, 2.24) is 45.5 Å². The molecule has 3 aromatic heterocycles. The van der Waals surface area contributed by atoms with Crippen LogP contribution in [0.15, 0.2) is 51.5 Å². The molecule has 0 aliphatic heterocycles. The summed E-state index contributed by atoms with van der Waals surface area (Å²) in [5.74, 6) is 0.510. The molecule has 4 rings (SSSR count). The molecule has 33 heavy (non-hydrogen) atoms. The molecule has 0 fully saturated rings. The number of hydrogen-bond donors (Lipinski definition) is 2. The van der Waals surface area contributed by atoms with Gasteiger partial charge in [-0.15, -0.1) is 15.3 Å². The van der Waals surface area contributed by atoms with Gasteiger partial charge in [-0.05, 0) is 29.4 Å². The quantitative estimate of drug-likeness (QED) is 0.202. The average Bonchev–Trinajstić information content (AvgIpc) is 3.54. The lowest BCUT2D eigenvalue weighted by Crippen LogP contribution is -2.23. The maximum absolute atomic E-state index is 12.8. The van der Waals surface area contributed by atoms with Gasteiger partial charge in [-0.25, -0.2) is 10.1 Å². The molecular formula is C18H19N11O3S. The summed E-state index contributed by atoms with van der Waals surface area (Å²) in [7, 11) is 1.81. The Kier molecular flexibility index (Phi) is 6.58. The normalized spacial score (nSPS) is 11.5. The Hall–Kier alpha value is -4.27. The highest BCUT2D eigenvalue weighted by Gasteiger charge is 2.24. The van der Waals surface area contributed by atoms with Gasteiger partial charge in [0, 0.05) is 12.8 Å². The number of aryl methyl sites for hydroxylation is 1. The number of thioether (sulfide) groups is 1. The lowest BCUT2D eigenvalue weighted by molar-refractivity contribution is 0.0949. The second-order valence-electron chi connectivity index (χ2n) is 6.67. The third kappa shape index (κ3) is 5.15. The van der Waals surface area contributed by atoms with Crippen molar-refractivity contribution in [1.29, 1.82) is 0 Å². The Morgan fingerprint density at radius 2 is 2.09 bits per heavy atom. The van der Waals surface area contributed by atoms with E-state index in [1.54, 1.807) is 24.9 Å². The van der Waals surface area contributed by atoms with Crippen LogP contribution < -0.4 is 15.9 Å². The molecule has 15 heteroatoms. The Balaban J connectivity index is 1.50. The summed E-state index contributed by atoms with van der Waals surface area (Å²) in [6, 6.07) is 9.28. The summed E-state index contributed by atoms with van der Waals surface area (Å²) in [5.41, 5.74) is 9.26. The van der Waals surface area contributed by atoms with E-state index in [1.807, 2.05) is 30.3 Å². The van der Waals surface area contributed by atoms with Crippen molar-refractivity contribution in [2.75, 3.05) is 12.3 Å². The van der Waals surface area contributed by atoms with E-state index < -0.39 is 5.91 Å². The van der Waals surface area contributed by atoms with Crippen molar-refractivity contribution < 1.29 is 14.2 Å². The molecule has 0 saturated heterocycles. The zero-order chi connectivity index (χ0) is 23.2. The van der Waals surface area contributed by atoms with E-state index >= 15 is 0 Å². The van der Waals surface area contributed by atoms with Crippen molar-refractivity contribution in [3.8, 4) is 11.6 Å². The Morgan fingerprint density at radius 1 is 1.27 bits per heavy atom. The number of anilines is 1. The molecule has 4 aromatic rings. The van der Waals surface area contributed by atoms with Crippen molar-refractivity contribution in [3.05, 3.63) is 48.0 Å². The Bertz CT molecular complexity index is 1260. The van der Waals surface area contributed by atoms with E-state index in [0.717, 1.165) is 0 Å². The van der Waals surface area contributed by atoms with Gasteiger partial charge in [-0.3, -0.25) is 4.79 Å². The van der Waals surface area contributed by atoms with E-state index in [2.05, 4.69) is 46.0 Å². The van der Waals surface area contributed by atoms with Gasteiger partial charge in [0.1, 0.15) is 18.7 Å². The standard InChI is InChI=1S/C18H19N11O3S/c1-11(8-31-12-6-4-3-5-7-12)21-23-17(30)14-13(9-33-18-24-20-10-28(18)2)29(27-22-14)16-15(19)25-32-26-16/h3-7,10H,8-9H2,1-2H3,(H2,19,25)(H,23,30)/b21-11-. The topological polar surface area (TPSA) is 177 Å². The van der Waals surface area contributed by atoms with Crippen LogP contribution in [0.2, 0.25) is 0 Å². The lowest BCUT2D eigenvalue weighted by Gasteiger charge is -2.07. The molecule has 0 atom stereocenters. The first-order valence-electron chi connectivity index (χ1n) is 9.54. The van der Waals surface area contributed by atoms with E-state index in [4.69, 9.17) is 10.5 Å². The second-order valence-corrected chi connectivity index (χ2v) is 7.61. The minimum atomic E-state index is -0.566. The van der Waals surface area contributed by atoms with E-state index in [0.29, 0.717) is 22.3 Å². The number of ether oxygens (including phenoxy) is 1. The smallest absolute Gasteiger partial charge is 0.293 e. The van der Waals surface area contributed by atoms with Crippen LogP contribution in [0.5, 0.6) is 5.75 Å². The summed E-state index contributed by atoms with van der Waals surface area (Å²) in [5, 5.41) is 27.9. The number of benzene rings is 1. The number of rotatable bonds is 9. The summed E-state index contributed by atoms with van der Waals surface area (Å²) in [6.45, 7) is 1.93. The molecule has 3 N–H and O–H groups in total. The molecule has 0 saturated carbocycles. The van der Waals surface area contributed by atoms with Gasteiger partial charge in [0.15, 0.2) is 10.9 Å². The van der Waals surface area contributed by atoms with Gasteiger partial charge >= 0.3 is 0 Å². The van der Waals surface area contributed by atoms with Crippen LogP contribution in [0.25, 0.3) is 5.82 Å². The summed E-state index contributed by atoms with van der Waals surface area (Å²) in [6.07, 6.45) is 1.57. The van der Waals surface area contributed by atoms with Gasteiger partial charge in [0.2, 0.25) is 11.6 Å². The summed E-state index contributed by atoms with van der Waals surface area (Å²) in [4.78, 5) is 12.8. The molecule has 0 aliphatic carbocycles. The van der Waals surface area contributed by atoms with Crippen LogP contribution in [-0.2, 0) is 12.8 Å². The SMILES string of the molecule is C/C(COc1ccccc1)=N/NC(=O)c1nnn(-c2nonc2N)c1CSc1nncn1C. The second kappa shape index (κ2) is 9.90. The van der Waals surface area contributed by atoms with Crippen LogP contribution in [0.4, 0.5) is 5.82 Å². The van der Waals surface area contributed by atoms with E-state index in [1.165, 1.54) is 16.4 Å². The molecule has 0 bridgehead atoms. The molecule has 0 unspecified atom stereocenters. The van der Waals surface area contributed by atoms with Crippen LogP contribution in [0.3, 0.4) is 0 Å². The highest BCUT2D eigenvalue weighted by molar-refractivity contribution is 7.98. The average molecular weight is 469 g/mol. The van der Waals surface area contributed by atoms with Crippen molar-refractivity contribution in [2.45, 2.75) is 17.8 Å². The monoisotopic (exact) mass is 469 g/mol. The van der Waals surface area contributed by atoms with Gasteiger partial charge in [-0.1, -0.05) is 35.2 Å². The number of nitrogen functional groups attached to an aromatic ring is 1. The third-order valence-corrected chi connectivity index (χ3v) is 5.27.